The molecule has 7 rings (SSSR count). The first kappa shape index (κ1) is 27.1. The number of carbonyl (C=O) groups is 1. The molecule has 0 radical (unpaired) electrons. The second kappa shape index (κ2) is 11.8. The van der Waals surface area contributed by atoms with E-state index < -0.39 is 0 Å². The Labute approximate surface area is 246 Å². The number of nitrogens with zero attached hydrogens (tertiary/aromatic N) is 6. The number of ether oxygens (including phenoxy) is 2. The first-order valence-electron chi connectivity index (χ1n) is 15.1. The zero-order valence-electron chi connectivity index (χ0n) is 24.0. The van der Waals surface area contributed by atoms with E-state index in [0.717, 1.165) is 37.3 Å². The van der Waals surface area contributed by atoms with Crippen LogP contribution in [0.25, 0.3) is 11.4 Å². The lowest BCUT2D eigenvalue weighted by Crippen LogP contribution is -2.45. The number of anilines is 4. The van der Waals surface area contributed by atoms with Crippen LogP contribution >= 0.6 is 0 Å². The first-order valence-corrected chi connectivity index (χ1v) is 15.1. The number of urea groups is 1. The van der Waals surface area contributed by atoms with Crippen molar-refractivity contribution in [2.24, 2.45) is 0 Å². The predicted octanol–water partition coefficient (Wildman–Crippen LogP) is 3.98. The van der Waals surface area contributed by atoms with Crippen LogP contribution in [-0.4, -0.2) is 90.1 Å². The molecule has 0 saturated carbocycles. The number of rotatable bonds is 7. The van der Waals surface area contributed by atoms with Crippen LogP contribution in [0.2, 0.25) is 0 Å². The van der Waals surface area contributed by atoms with Gasteiger partial charge in [0, 0.05) is 36.6 Å². The van der Waals surface area contributed by atoms with Crippen LogP contribution in [0.4, 0.5) is 28.1 Å². The van der Waals surface area contributed by atoms with Crippen LogP contribution in [0.5, 0.6) is 0 Å². The average molecular weight is 571 g/mol. The van der Waals surface area contributed by atoms with E-state index in [1.165, 1.54) is 31.5 Å². The fraction of sp³-hybridized carbons (Fsp3) is 0.484. The number of hydrogen-bond donors (Lipinski definition) is 2. The van der Waals surface area contributed by atoms with Crippen LogP contribution in [0.3, 0.4) is 0 Å². The standard InChI is InChI=1S/C31H38N8O3/c1-21-19-41-15-14-38(21)29-34-28(35-30(36-29)39-18-27-16-26(39)20-42-27)23-6-10-25(11-7-23)33-31(40)32-24-8-4-22(5-9-24)17-37-12-2-3-13-37/h4-11,21,26-27H,2-3,12-20H2,1H3,(H2,32,33,40)/t21?,26-,27-/m0/s1. The lowest BCUT2D eigenvalue weighted by atomic mass is 10.2. The highest BCUT2D eigenvalue weighted by molar-refractivity contribution is 5.99. The second-order valence-electron chi connectivity index (χ2n) is 11.7. The maximum atomic E-state index is 12.7. The number of likely N-dealkylation sites (tertiary alicyclic amines) is 1. The van der Waals surface area contributed by atoms with E-state index in [-0.39, 0.29) is 18.2 Å². The van der Waals surface area contributed by atoms with Gasteiger partial charge in [-0.15, -0.1) is 0 Å². The highest BCUT2D eigenvalue weighted by atomic mass is 16.5. The van der Waals surface area contributed by atoms with Gasteiger partial charge in [-0.1, -0.05) is 12.1 Å². The summed E-state index contributed by atoms with van der Waals surface area (Å²) in [5.41, 5.74) is 3.57. The molecular weight excluding hydrogens is 532 g/mol. The lowest BCUT2D eigenvalue weighted by molar-refractivity contribution is 0.0974. The number of hydrogen-bond acceptors (Lipinski definition) is 9. The Morgan fingerprint density at radius 1 is 0.881 bits per heavy atom. The molecular formula is C31H38N8O3. The predicted molar refractivity (Wildman–Crippen MR) is 162 cm³/mol. The van der Waals surface area contributed by atoms with Crippen molar-refractivity contribution >= 4 is 29.3 Å². The summed E-state index contributed by atoms with van der Waals surface area (Å²) in [6, 6.07) is 15.9. The van der Waals surface area contributed by atoms with E-state index >= 15 is 0 Å². The number of carbonyl (C=O) groups excluding carboxylic acids is 1. The van der Waals surface area contributed by atoms with E-state index in [9.17, 15) is 4.79 Å². The van der Waals surface area contributed by atoms with Crippen LogP contribution in [-0.2, 0) is 16.0 Å². The van der Waals surface area contributed by atoms with Gasteiger partial charge >= 0.3 is 6.03 Å². The summed E-state index contributed by atoms with van der Waals surface area (Å²) in [6.45, 7) is 8.95. The summed E-state index contributed by atoms with van der Waals surface area (Å²) < 4.78 is 11.5. The summed E-state index contributed by atoms with van der Waals surface area (Å²) in [5.74, 6) is 1.97. The van der Waals surface area contributed by atoms with Gasteiger partial charge < -0.3 is 29.9 Å². The van der Waals surface area contributed by atoms with Crippen molar-refractivity contribution in [1.29, 1.82) is 0 Å². The van der Waals surface area contributed by atoms with Gasteiger partial charge in [-0.2, -0.15) is 15.0 Å². The minimum atomic E-state index is -0.285. The van der Waals surface area contributed by atoms with Crippen molar-refractivity contribution in [2.75, 3.05) is 66.4 Å². The van der Waals surface area contributed by atoms with E-state index in [4.69, 9.17) is 24.4 Å². The van der Waals surface area contributed by atoms with Gasteiger partial charge in [0.05, 0.1) is 38.0 Å². The molecule has 4 fully saturated rings. The summed E-state index contributed by atoms with van der Waals surface area (Å²) in [6.07, 6.45) is 3.81. The van der Waals surface area contributed by atoms with E-state index in [2.05, 4.69) is 44.4 Å². The molecule has 11 nitrogen and oxygen atoms in total. The normalized spacial score (nSPS) is 23.9. The third kappa shape index (κ3) is 5.90. The van der Waals surface area contributed by atoms with Gasteiger partial charge in [0.2, 0.25) is 11.9 Å². The molecule has 4 aliphatic heterocycles. The first-order chi connectivity index (χ1) is 20.6. The van der Waals surface area contributed by atoms with Crippen molar-refractivity contribution in [1.82, 2.24) is 19.9 Å². The molecule has 2 aromatic carbocycles. The van der Waals surface area contributed by atoms with E-state index in [1.54, 1.807) is 0 Å². The minimum absolute atomic E-state index is 0.173. The molecule has 3 atom stereocenters. The molecule has 220 valence electrons. The number of fused-ring (bicyclic) bond motifs is 2. The Morgan fingerprint density at radius 3 is 2.21 bits per heavy atom. The SMILES string of the molecule is CC1COCCN1c1nc(-c2ccc(NC(=O)Nc3ccc(CN4CCCC4)cc3)cc2)nc(N2C[C@@H]3C[C@H]2CO3)n1. The van der Waals surface area contributed by atoms with E-state index in [1.807, 2.05) is 36.4 Å². The number of aromatic nitrogens is 3. The molecule has 0 spiro atoms. The van der Waals surface area contributed by atoms with Gasteiger partial charge in [0.15, 0.2) is 5.82 Å². The Morgan fingerprint density at radius 2 is 1.57 bits per heavy atom. The molecule has 2 N–H and O–H groups in total. The van der Waals surface area contributed by atoms with Gasteiger partial charge in [-0.05, 0) is 81.2 Å². The van der Waals surface area contributed by atoms with Gasteiger partial charge in [-0.3, -0.25) is 4.90 Å². The molecule has 1 unspecified atom stereocenters. The quantitative estimate of drug-likeness (QED) is 0.436. The molecule has 11 heteroatoms. The van der Waals surface area contributed by atoms with Crippen LogP contribution in [0.15, 0.2) is 48.5 Å². The van der Waals surface area contributed by atoms with Crippen LogP contribution < -0.4 is 20.4 Å². The molecule has 0 aliphatic carbocycles. The number of nitrogens with one attached hydrogen (secondary N) is 2. The summed E-state index contributed by atoms with van der Waals surface area (Å²) in [4.78, 5) is 34.3. The number of amides is 2. The third-order valence-corrected chi connectivity index (χ3v) is 8.61. The molecule has 5 heterocycles. The molecule has 4 aliphatic rings. The molecule has 42 heavy (non-hydrogen) atoms. The average Bonchev–Trinajstić information content (AvgIpc) is 3.79. The number of benzene rings is 2. The monoisotopic (exact) mass is 570 g/mol. The zero-order valence-corrected chi connectivity index (χ0v) is 24.0. The molecule has 2 amide bonds. The van der Waals surface area contributed by atoms with E-state index in [0.29, 0.717) is 49.3 Å². The minimum Gasteiger partial charge on any atom is -0.377 e. The van der Waals surface area contributed by atoms with Crippen LogP contribution in [0, 0.1) is 0 Å². The van der Waals surface area contributed by atoms with Crippen molar-refractivity contribution in [3.05, 3.63) is 54.1 Å². The summed E-state index contributed by atoms with van der Waals surface area (Å²) in [5, 5.41) is 5.86. The fourth-order valence-electron chi connectivity index (χ4n) is 6.30. The van der Waals surface area contributed by atoms with Gasteiger partial charge in [0.25, 0.3) is 0 Å². The molecule has 3 aromatic rings. The van der Waals surface area contributed by atoms with Crippen molar-refractivity contribution in [3.8, 4) is 11.4 Å². The summed E-state index contributed by atoms with van der Waals surface area (Å²) in [7, 11) is 0. The Kier molecular flexibility index (Phi) is 7.62. The molecule has 1 aromatic heterocycles. The Balaban J connectivity index is 1.04. The maximum Gasteiger partial charge on any atom is 0.323 e. The fourth-order valence-corrected chi connectivity index (χ4v) is 6.30. The van der Waals surface area contributed by atoms with Gasteiger partial charge in [-0.25, -0.2) is 4.79 Å². The molecule has 2 bridgehead atoms. The Hall–Kier alpha value is -3.80. The number of morpholine rings is 2. The highest BCUT2D eigenvalue weighted by Gasteiger charge is 2.41. The molecule has 4 saturated heterocycles. The lowest BCUT2D eigenvalue weighted by Gasteiger charge is -2.34. The Bertz CT molecular complexity index is 1380. The van der Waals surface area contributed by atoms with Crippen LogP contribution in [0.1, 0.15) is 31.7 Å². The zero-order chi connectivity index (χ0) is 28.5. The third-order valence-electron chi connectivity index (χ3n) is 8.61. The highest BCUT2D eigenvalue weighted by Crippen LogP contribution is 2.33. The second-order valence-corrected chi connectivity index (χ2v) is 11.7. The van der Waals surface area contributed by atoms with Gasteiger partial charge in [0.1, 0.15) is 0 Å². The van der Waals surface area contributed by atoms with Crippen molar-refractivity contribution < 1.29 is 14.3 Å². The topological polar surface area (TPSA) is 108 Å². The maximum absolute atomic E-state index is 12.7. The largest absolute Gasteiger partial charge is 0.377 e. The summed E-state index contributed by atoms with van der Waals surface area (Å²) >= 11 is 0. The smallest absolute Gasteiger partial charge is 0.323 e. The van der Waals surface area contributed by atoms with Crippen molar-refractivity contribution in [3.63, 3.8) is 0 Å². The van der Waals surface area contributed by atoms with Crippen molar-refractivity contribution in [2.45, 2.75) is 50.9 Å².